The second-order valence-electron chi connectivity index (χ2n) is 4.99. The summed E-state index contributed by atoms with van der Waals surface area (Å²) in [5.41, 5.74) is 2.57. The molecule has 2 aromatic carbocycles. The highest BCUT2D eigenvalue weighted by Gasteiger charge is 2.10. The second kappa shape index (κ2) is 6.54. The van der Waals surface area contributed by atoms with Crippen molar-refractivity contribution < 1.29 is 4.79 Å². The van der Waals surface area contributed by atoms with Crippen LogP contribution < -0.4 is 10.6 Å². The van der Waals surface area contributed by atoms with Gasteiger partial charge < -0.3 is 5.32 Å². The minimum atomic E-state index is -0.370. The zero-order valence-electron chi connectivity index (χ0n) is 12.5. The van der Waals surface area contributed by atoms with E-state index in [1.54, 1.807) is 28.9 Å². The zero-order valence-corrected chi connectivity index (χ0v) is 13.2. The Morgan fingerprint density at radius 2 is 1.83 bits per heavy atom. The summed E-state index contributed by atoms with van der Waals surface area (Å²) in [5.74, 6) is 0.478. The standard InChI is InChI=1S/C17H15ClN4O/c1-22-15(12-6-3-2-4-7-12)11-16(21-22)20-17(23)19-14-9-5-8-13(18)10-14/h2-11H,1H3,(H2,19,20,21,23). The van der Waals surface area contributed by atoms with E-state index in [-0.39, 0.29) is 6.03 Å². The summed E-state index contributed by atoms with van der Waals surface area (Å²) < 4.78 is 1.73. The Kier molecular flexibility index (Phi) is 4.30. The van der Waals surface area contributed by atoms with Gasteiger partial charge in [-0.2, -0.15) is 5.10 Å². The van der Waals surface area contributed by atoms with Gasteiger partial charge in [0.25, 0.3) is 0 Å². The molecule has 23 heavy (non-hydrogen) atoms. The van der Waals surface area contributed by atoms with Gasteiger partial charge >= 0.3 is 6.03 Å². The molecule has 2 N–H and O–H groups in total. The Balaban J connectivity index is 1.72. The van der Waals surface area contributed by atoms with E-state index < -0.39 is 0 Å². The molecule has 0 aliphatic heterocycles. The Morgan fingerprint density at radius 1 is 1.04 bits per heavy atom. The molecule has 5 nitrogen and oxygen atoms in total. The third kappa shape index (κ3) is 3.70. The van der Waals surface area contributed by atoms with E-state index in [4.69, 9.17) is 11.6 Å². The first kappa shape index (κ1) is 15.1. The van der Waals surface area contributed by atoms with Crippen molar-refractivity contribution >= 4 is 29.1 Å². The monoisotopic (exact) mass is 326 g/mol. The van der Waals surface area contributed by atoms with Crippen molar-refractivity contribution in [3.8, 4) is 11.3 Å². The Hall–Kier alpha value is -2.79. The number of rotatable bonds is 3. The summed E-state index contributed by atoms with van der Waals surface area (Å²) in [7, 11) is 1.84. The van der Waals surface area contributed by atoms with Crippen LogP contribution in [0.3, 0.4) is 0 Å². The lowest BCUT2D eigenvalue weighted by Crippen LogP contribution is -2.19. The molecule has 2 amide bonds. The van der Waals surface area contributed by atoms with E-state index in [0.717, 1.165) is 11.3 Å². The first-order valence-electron chi connectivity index (χ1n) is 7.05. The average molecular weight is 327 g/mol. The topological polar surface area (TPSA) is 59.0 Å². The van der Waals surface area contributed by atoms with Gasteiger partial charge in [0.15, 0.2) is 5.82 Å². The molecule has 0 aliphatic carbocycles. The normalized spacial score (nSPS) is 10.3. The van der Waals surface area contributed by atoms with E-state index in [1.807, 2.05) is 43.4 Å². The molecule has 0 bridgehead atoms. The molecular weight excluding hydrogens is 312 g/mol. The van der Waals surface area contributed by atoms with Gasteiger partial charge in [0.05, 0.1) is 5.69 Å². The van der Waals surface area contributed by atoms with Crippen LogP contribution in [0, 0.1) is 0 Å². The molecule has 0 unspecified atom stereocenters. The van der Waals surface area contributed by atoms with Crippen molar-refractivity contribution in [1.29, 1.82) is 0 Å². The minimum absolute atomic E-state index is 0.370. The van der Waals surface area contributed by atoms with E-state index in [9.17, 15) is 4.79 Å². The zero-order chi connectivity index (χ0) is 16.2. The summed E-state index contributed by atoms with van der Waals surface area (Å²) in [5, 5.41) is 10.3. The maximum atomic E-state index is 12.0. The summed E-state index contributed by atoms with van der Waals surface area (Å²) in [6.07, 6.45) is 0. The summed E-state index contributed by atoms with van der Waals surface area (Å²) in [4.78, 5) is 12.0. The van der Waals surface area contributed by atoms with E-state index >= 15 is 0 Å². The summed E-state index contributed by atoms with van der Waals surface area (Å²) in [6.45, 7) is 0. The number of nitrogens with zero attached hydrogens (tertiary/aromatic N) is 2. The predicted molar refractivity (Wildman–Crippen MR) is 92.7 cm³/mol. The van der Waals surface area contributed by atoms with Gasteiger partial charge in [0.2, 0.25) is 0 Å². The Labute approximate surface area is 138 Å². The number of anilines is 2. The van der Waals surface area contributed by atoms with Gasteiger partial charge in [-0.05, 0) is 23.8 Å². The van der Waals surface area contributed by atoms with Crippen molar-refractivity contribution in [2.45, 2.75) is 0 Å². The quantitative estimate of drug-likeness (QED) is 0.750. The second-order valence-corrected chi connectivity index (χ2v) is 5.43. The van der Waals surface area contributed by atoms with Gasteiger partial charge in [0, 0.05) is 23.8 Å². The first-order valence-corrected chi connectivity index (χ1v) is 7.42. The van der Waals surface area contributed by atoms with Crippen molar-refractivity contribution in [3.05, 3.63) is 65.7 Å². The van der Waals surface area contributed by atoms with Crippen LogP contribution in [0.15, 0.2) is 60.7 Å². The number of benzene rings is 2. The van der Waals surface area contributed by atoms with Gasteiger partial charge in [-0.15, -0.1) is 0 Å². The molecule has 0 aliphatic rings. The van der Waals surface area contributed by atoms with Crippen LogP contribution in [0.2, 0.25) is 5.02 Å². The highest BCUT2D eigenvalue weighted by molar-refractivity contribution is 6.30. The number of hydrogen-bond donors (Lipinski definition) is 2. The van der Waals surface area contributed by atoms with Crippen LogP contribution >= 0.6 is 11.6 Å². The molecule has 0 atom stereocenters. The Bertz CT molecular complexity index is 830. The third-order valence-corrected chi connectivity index (χ3v) is 3.51. The maximum Gasteiger partial charge on any atom is 0.324 e. The van der Waals surface area contributed by atoms with Crippen LogP contribution in [0.1, 0.15) is 0 Å². The average Bonchev–Trinajstić information content (AvgIpc) is 2.88. The molecule has 0 fully saturated rings. The van der Waals surface area contributed by atoms with Crippen LogP contribution in [-0.4, -0.2) is 15.8 Å². The number of aromatic nitrogens is 2. The lowest BCUT2D eigenvalue weighted by Gasteiger charge is -2.05. The van der Waals surface area contributed by atoms with Crippen LogP contribution in [0.5, 0.6) is 0 Å². The van der Waals surface area contributed by atoms with Crippen molar-refractivity contribution in [2.75, 3.05) is 10.6 Å². The number of urea groups is 1. The SMILES string of the molecule is Cn1nc(NC(=O)Nc2cccc(Cl)c2)cc1-c1ccccc1. The number of carbonyl (C=O) groups is 1. The van der Waals surface area contributed by atoms with E-state index in [0.29, 0.717) is 16.5 Å². The van der Waals surface area contributed by atoms with Gasteiger partial charge in [-0.1, -0.05) is 48.0 Å². The molecule has 6 heteroatoms. The fourth-order valence-corrected chi connectivity index (χ4v) is 2.44. The van der Waals surface area contributed by atoms with Crippen molar-refractivity contribution in [1.82, 2.24) is 9.78 Å². The first-order chi connectivity index (χ1) is 11.1. The maximum absolute atomic E-state index is 12.0. The van der Waals surface area contributed by atoms with Crippen LogP contribution in [0.25, 0.3) is 11.3 Å². The summed E-state index contributed by atoms with van der Waals surface area (Å²) >= 11 is 5.89. The molecule has 0 spiro atoms. The van der Waals surface area contributed by atoms with E-state index in [1.165, 1.54) is 0 Å². The van der Waals surface area contributed by atoms with Crippen molar-refractivity contribution in [2.24, 2.45) is 7.05 Å². The molecule has 1 heterocycles. The lowest BCUT2D eigenvalue weighted by atomic mass is 10.1. The van der Waals surface area contributed by atoms with Gasteiger partial charge in [-0.3, -0.25) is 10.00 Å². The lowest BCUT2D eigenvalue weighted by molar-refractivity contribution is 0.262. The highest BCUT2D eigenvalue weighted by atomic mass is 35.5. The smallest absolute Gasteiger partial charge is 0.308 e. The number of amides is 2. The number of nitrogens with one attached hydrogen (secondary N) is 2. The predicted octanol–water partition coefficient (Wildman–Crippen LogP) is 4.38. The van der Waals surface area contributed by atoms with E-state index in [2.05, 4.69) is 15.7 Å². The molecular formula is C17H15ClN4O. The van der Waals surface area contributed by atoms with Crippen LogP contribution in [-0.2, 0) is 7.05 Å². The largest absolute Gasteiger partial charge is 0.324 e. The fraction of sp³-hybridized carbons (Fsp3) is 0.0588. The molecule has 1 aromatic heterocycles. The van der Waals surface area contributed by atoms with Crippen molar-refractivity contribution in [3.63, 3.8) is 0 Å². The minimum Gasteiger partial charge on any atom is -0.308 e. The number of halogens is 1. The fourth-order valence-electron chi connectivity index (χ4n) is 2.25. The Morgan fingerprint density at radius 3 is 2.57 bits per heavy atom. The molecule has 3 rings (SSSR count). The van der Waals surface area contributed by atoms with Gasteiger partial charge in [0.1, 0.15) is 0 Å². The highest BCUT2D eigenvalue weighted by Crippen LogP contribution is 2.22. The molecule has 116 valence electrons. The molecule has 3 aromatic rings. The number of aryl methyl sites for hydroxylation is 1. The molecule has 0 radical (unpaired) electrons. The van der Waals surface area contributed by atoms with Gasteiger partial charge in [-0.25, -0.2) is 4.79 Å². The molecule has 0 saturated heterocycles. The number of carbonyl (C=O) groups excluding carboxylic acids is 1. The number of hydrogen-bond acceptors (Lipinski definition) is 2. The van der Waals surface area contributed by atoms with Crippen LogP contribution in [0.4, 0.5) is 16.3 Å². The third-order valence-electron chi connectivity index (χ3n) is 3.27. The molecule has 0 saturated carbocycles. The summed E-state index contributed by atoms with van der Waals surface area (Å²) in [6, 6.07) is 18.3.